The average molecular weight is 443 g/mol. The molecule has 0 bridgehead atoms. The van der Waals surface area contributed by atoms with E-state index >= 15 is 0 Å². The third-order valence-electron chi connectivity index (χ3n) is 4.57. The van der Waals surface area contributed by atoms with Gasteiger partial charge in [-0.2, -0.15) is 0 Å². The van der Waals surface area contributed by atoms with Crippen molar-refractivity contribution < 1.29 is 13.0 Å². The van der Waals surface area contributed by atoms with E-state index in [1.807, 2.05) is 18.4 Å². The van der Waals surface area contributed by atoms with Crippen molar-refractivity contribution in [3.63, 3.8) is 0 Å². The normalized spacial score (nSPS) is 13.3. The van der Waals surface area contributed by atoms with Crippen LogP contribution >= 0.6 is 0 Å². The Labute approximate surface area is 177 Å². The van der Waals surface area contributed by atoms with Crippen LogP contribution in [0.3, 0.4) is 0 Å². The zero-order chi connectivity index (χ0) is 22.2. The Bertz CT molecular complexity index is 1330. The highest BCUT2D eigenvalue weighted by molar-refractivity contribution is 7.93. The highest BCUT2D eigenvalue weighted by atomic mass is 32.2. The molecule has 3 N–H and O–H groups in total. The molecule has 0 aliphatic rings. The summed E-state index contributed by atoms with van der Waals surface area (Å²) in [4.78, 5) is 15.4. The first kappa shape index (κ1) is 20.7. The van der Waals surface area contributed by atoms with Crippen molar-refractivity contribution in [1.82, 2.24) is 24.5 Å². The summed E-state index contributed by atoms with van der Waals surface area (Å²) in [6, 6.07) is 7.20. The first-order chi connectivity index (χ1) is 14.8. The summed E-state index contributed by atoms with van der Waals surface area (Å²) in [5, 5.41) is -0.0970. The van der Waals surface area contributed by atoms with Crippen molar-refractivity contribution in [2.45, 2.75) is 24.9 Å². The number of rotatable bonds is 6. The molecule has 4 aromatic rings. The standard InChI is InChI=1S/C20H19F2N7OS/c1-12(2)29-11-26-18(13-3-5-14(21)6-4-13)19(29)20-25-10-17(27-20)31(23,30)28-16-7-8-24-9-15(16)22/h3-12H,1-2H3,(H,25,27)(H2,23,24,28,30). The number of hydrogen-bond acceptors (Lipinski definition) is 5. The molecule has 31 heavy (non-hydrogen) atoms. The smallest absolute Gasteiger partial charge is 0.175 e. The van der Waals surface area contributed by atoms with Crippen LogP contribution in [0.5, 0.6) is 0 Å². The number of anilines is 1. The van der Waals surface area contributed by atoms with E-state index < -0.39 is 15.7 Å². The number of halogens is 2. The van der Waals surface area contributed by atoms with Gasteiger partial charge in [0, 0.05) is 24.0 Å². The van der Waals surface area contributed by atoms with E-state index in [0.717, 1.165) is 6.20 Å². The van der Waals surface area contributed by atoms with Gasteiger partial charge in [-0.1, -0.05) is 0 Å². The van der Waals surface area contributed by atoms with Gasteiger partial charge in [-0.3, -0.25) is 9.71 Å². The van der Waals surface area contributed by atoms with Crippen molar-refractivity contribution in [3.8, 4) is 22.8 Å². The van der Waals surface area contributed by atoms with Crippen LogP contribution in [0.1, 0.15) is 19.9 Å². The molecule has 3 heterocycles. The van der Waals surface area contributed by atoms with Crippen molar-refractivity contribution in [3.05, 3.63) is 66.9 Å². The van der Waals surface area contributed by atoms with Crippen molar-refractivity contribution in [1.29, 1.82) is 4.78 Å². The molecule has 8 nitrogen and oxygen atoms in total. The zero-order valence-electron chi connectivity index (χ0n) is 16.6. The van der Waals surface area contributed by atoms with E-state index in [4.69, 9.17) is 4.78 Å². The van der Waals surface area contributed by atoms with E-state index in [1.165, 1.54) is 30.6 Å². The van der Waals surface area contributed by atoms with E-state index in [-0.39, 0.29) is 22.6 Å². The molecule has 0 fully saturated rings. The summed E-state index contributed by atoms with van der Waals surface area (Å²) < 4.78 is 52.6. The molecular weight excluding hydrogens is 424 g/mol. The summed E-state index contributed by atoms with van der Waals surface area (Å²) in [7, 11) is -3.66. The molecule has 160 valence electrons. The number of hydrogen-bond donors (Lipinski definition) is 3. The van der Waals surface area contributed by atoms with Gasteiger partial charge >= 0.3 is 0 Å². The highest BCUT2D eigenvalue weighted by Gasteiger charge is 2.22. The van der Waals surface area contributed by atoms with Crippen LogP contribution < -0.4 is 4.72 Å². The molecule has 0 aliphatic heterocycles. The Morgan fingerprint density at radius 2 is 1.94 bits per heavy atom. The summed E-state index contributed by atoms with van der Waals surface area (Å²) in [6.07, 6.45) is 5.27. The van der Waals surface area contributed by atoms with Crippen molar-refractivity contribution in [2.75, 3.05) is 4.72 Å². The van der Waals surface area contributed by atoms with Crippen LogP contribution in [0.4, 0.5) is 14.5 Å². The minimum Gasteiger partial charge on any atom is -0.342 e. The van der Waals surface area contributed by atoms with Crippen LogP contribution in [-0.4, -0.2) is 28.7 Å². The van der Waals surface area contributed by atoms with Crippen LogP contribution in [-0.2, 0) is 9.92 Å². The van der Waals surface area contributed by atoms with E-state index in [2.05, 4.69) is 24.7 Å². The van der Waals surface area contributed by atoms with Crippen LogP contribution in [0, 0.1) is 16.4 Å². The average Bonchev–Trinajstić information content (AvgIpc) is 3.37. The van der Waals surface area contributed by atoms with Gasteiger partial charge in [0.05, 0.1) is 23.9 Å². The maximum absolute atomic E-state index is 13.9. The lowest BCUT2D eigenvalue weighted by molar-refractivity contribution is 0.603. The third kappa shape index (κ3) is 4.04. The fourth-order valence-electron chi connectivity index (χ4n) is 3.04. The summed E-state index contributed by atoms with van der Waals surface area (Å²) >= 11 is 0. The molecule has 0 spiro atoms. The Morgan fingerprint density at radius 3 is 2.61 bits per heavy atom. The predicted molar refractivity (Wildman–Crippen MR) is 113 cm³/mol. The number of H-pyrrole nitrogens is 1. The molecule has 3 aromatic heterocycles. The topological polar surface area (TPSA) is 112 Å². The fourth-order valence-corrected chi connectivity index (χ4v) is 4.07. The highest BCUT2D eigenvalue weighted by Crippen LogP contribution is 2.32. The summed E-state index contributed by atoms with van der Waals surface area (Å²) in [5.74, 6) is -0.760. The molecule has 0 amide bonds. The molecule has 4 rings (SSSR count). The minimum absolute atomic E-state index is 0.0228. The molecule has 0 aliphatic carbocycles. The first-order valence-electron chi connectivity index (χ1n) is 9.31. The van der Waals surface area contributed by atoms with Gasteiger partial charge < -0.3 is 9.55 Å². The zero-order valence-corrected chi connectivity index (χ0v) is 17.5. The SMILES string of the molecule is CC(C)n1cnc(-c2ccc(F)cc2)c1-c1nc(S(=N)(=O)Nc2ccncc2F)c[nH]1. The van der Waals surface area contributed by atoms with Gasteiger partial charge in [0.2, 0.25) is 0 Å². The van der Waals surface area contributed by atoms with Gasteiger partial charge in [-0.15, -0.1) is 0 Å². The number of nitrogens with one attached hydrogen (secondary N) is 3. The lowest BCUT2D eigenvalue weighted by Gasteiger charge is -2.12. The summed E-state index contributed by atoms with van der Waals surface area (Å²) in [5.41, 5.74) is 1.72. The molecule has 1 aromatic carbocycles. The predicted octanol–water partition coefficient (Wildman–Crippen LogP) is 4.63. The van der Waals surface area contributed by atoms with Crippen LogP contribution in [0.25, 0.3) is 22.8 Å². The molecule has 0 saturated heterocycles. The number of pyridine rings is 1. The Kier molecular flexibility index (Phi) is 5.27. The maximum Gasteiger partial charge on any atom is 0.175 e. The number of nitrogens with zero attached hydrogens (tertiary/aromatic N) is 4. The Hall–Kier alpha value is -3.60. The third-order valence-corrected chi connectivity index (χ3v) is 5.87. The molecule has 1 unspecified atom stereocenters. The second kappa shape index (κ2) is 7.91. The number of aromatic nitrogens is 5. The lowest BCUT2D eigenvalue weighted by atomic mass is 10.1. The van der Waals surface area contributed by atoms with Gasteiger partial charge in [-0.05, 0) is 44.2 Å². The summed E-state index contributed by atoms with van der Waals surface area (Å²) in [6.45, 7) is 3.93. The fraction of sp³-hybridized carbons (Fsp3) is 0.150. The van der Waals surface area contributed by atoms with Crippen LogP contribution in [0.2, 0.25) is 0 Å². The number of benzene rings is 1. The molecule has 0 saturated carbocycles. The van der Waals surface area contributed by atoms with Gasteiger partial charge in [0.15, 0.2) is 26.6 Å². The Morgan fingerprint density at radius 1 is 1.19 bits per heavy atom. The molecule has 0 radical (unpaired) electrons. The van der Waals surface area contributed by atoms with E-state index in [9.17, 15) is 13.0 Å². The Balaban J connectivity index is 1.76. The van der Waals surface area contributed by atoms with Gasteiger partial charge in [-0.25, -0.2) is 27.7 Å². The van der Waals surface area contributed by atoms with E-state index in [1.54, 1.807) is 18.5 Å². The van der Waals surface area contributed by atoms with Gasteiger partial charge in [0.25, 0.3) is 0 Å². The number of aromatic amines is 1. The number of imidazole rings is 2. The monoisotopic (exact) mass is 443 g/mol. The van der Waals surface area contributed by atoms with Crippen molar-refractivity contribution >= 4 is 15.6 Å². The first-order valence-corrected chi connectivity index (χ1v) is 10.9. The molecule has 11 heteroatoms. The van der Waals surface area contributed by atoms with Crippen LogP contribution in [0.15, 0.2) is 60.3 Å². The minimum atomic E-state index is -3.66. The molecular formula is C20H19F2N7OS. The largest absolute Gasteiger partial charge is 0.342 e. The quantitative estimate of drug-likeness (QED) is 0.403. The van der Waals surface area contributed by atoms with Crippen molar-refractivity contribution in [2.24, 2.45) is 0 Å². The second-order valence-corrected chi connectivity index (χ2v) is 8.79. The molecule has 1 atom stereocenters. The van der Waals surface area contributed by atoms with Gasteiger partial charge in [0.1, 0.15) is 11.5 Å². The lowest BCUT2D eigenvalue weighted by Crippen LogP contribution is -2.13. The second-order valence-electron chi connectivity index (χ2n) is 7.05. The van der Waals surface area contributed by atoms with E-state index in [0.29, 0.717) is 22.8 Å². The maximum atomic E-state index is 13.9.